The van der Waals surface area contributed by atoms with Crippen LogP contribution in [-0.4, -0.2) is 64.0 Å². The highest BCUT2D eigenvalue weighted by Crippen LogP contribution is 2.28. The molecule has 3 atom stereocenters. The second kappa shape index (κ2) is 8.37. The first-order chi connectivity index (χ1) is 11.7. The summed E-state index contributed by atoms with van der Waals surface area (Å²) in [6.45, 7) is 4.88. The van der Waals surface area contributed by atoms with Crippen LogP contribution in [0.25, 0.3) is 0 Å². The maximum Gasteiger partial charge on any atom is 0.239 e. The number of likely N-dealkylation sites (tertiary alicyclic amines) is 1. The van der Waals surface area contributed by atoms with Gasteiger partial charge in [-0.3, -0.25) is 9.69 Å². The Kier molecular flexibility index (Phi) is 6.19. The molecule has 2 aliphatic rings. The van der Waals surface area contributed by atoms with Gasteiger partial charge in [0.2, 0.25) is 5.91 Å². The van der Waals surface area contributed by atoms with Gasteiger partial charge >= 0.3 is 0 Å². The highest BCUT2D eigenvalue weighted by Gasteiger charge is 2.35. The maximum absolute atomic E-state index is 13.0. The lowest BCUT2D eigenvalue weighted by molar-refractivity contribution is -0.137. The third-order valence-corrected chi connectivity index (χ3v) is 6.23. The van der Waals surface area contributed by atoms with Gasteiger partial charge in [0.1, 0.15) is 0 Å². The number of aliphatic hydroxyl groups is 1. The maximum atomic E-state index is 13.0. The van der Waals surface area contributed by atoms with E-state index in [2.05, 4.69) is 4.90 Å². The molecule has 2 heterocycles. The van der Waals surface area contributed by atoms with E-state index in [0.29, 0.717) is 6.42 Å². The number of amides is 1. The first-order valence-electron chi connectivity index (χ1n) is 9.02. The van der Waals surface area contributed by atoms with Gasteiger partial charge in [-0.25, -0.2) is 0 Å². The van der Waals surface area contributed by atoms with E-state index in [4.69, 9.17) is 0 Å². The summed E-state index contributed by atoms with van der Waals surface area (Å²) in [5.74, 6) is 2.48. The van der Waals surface area contributed by atoms with Gasteiger partial charge in [-0.05, 0) is 31.7 Å². The third kappa shape index (κ3) is 4.13. The molecule has 24 heavy (non-hydrogen) atoms. The molecule has 3 rings (SSSR count). The van der Waals surface area contributed by atoms with Crippen molar-refractivity contribution < 1.29 is 9.90 Å². The van der Waals surface area contributed by atoms with Crippen molar-refractivity contribution >= 4 is 17.7 Å². The Labute approximate surface area is 149 Å². The Morgan fingerprint density at radius 2 is 1.96 bits per heavy atom. The van der Waals surface area contributed by atoms with Crippen molar-refractivity contribution in [1.29, 1.82) is 0 Å². The van der Waals surface area contributed by atoms with Crippen molar-refractivity contribution in [2.75, 3.05) is 31.1 Å². The van der Waals surface area contributed by atoms with Crippen LogP contribution in [0.2, 0.25) is 0 Å². The lowest BCUT2D eigenvalue weighted by Gasteiger charge is -2.35. The lowest BCUT2D eigenvalue weighted by atomic mass is 10.00. The number of hydrogen-bond donors (Lipinski definition) is 1. The standard InChI is InChI=1S/C19H28N2O2S/c1-15(20-10-12-24-13-11-20)19(23)21-9-5-8-17(21)14-18(22)16-6-3-2-4-7-16/h2-4,6-7,15,17-18,22H,5,8-14H2,1H3. The zero-order valence-corrected chi connectivity index (χ0v) is 15.3. The molecule has 0 radical (unpaired) electrons. The zero-order valence-electron chi connectivity index (χ0n) is 14.4. The summed E-state index contributed by atoms with van der Waals surface area (Å²) in [6.07, 6.45) is 2.18. The van der Waals surface area contributed by atoms with Crippen LogP contribution in [0.15, 0.2) is 30.3 Å². The Hall–Kier alpha value is -1.04. The first-order valence-corrected chi connectivity index (χ1v) is 10.2. The monoisotopic (exact) mass is 348 g/mol. The predicted octanol–water partition coefficient (Wildman–Crippen LogP) is 2.54. The normalized spacial score (nSPS) is 24.8. The van der Waals surface area contributed by atoms with Crippen molar-refractivity contribution in [2.45, 2.75) is 44.4 Å². The summed E-state index contributed by atoms with van der Waals surface area (Å²) in [5.41, 5.74) is 0.943. The van der Waals surface area contributed by atoms with Gasteiger partial charge in [-0.15, -0.1) is 0 Å². The van der Waals surface area contributed by atoms with E-state index in [1.54, 1.807) is 0 Å². The van der Waals surface area contributed by atoms with Crippen LogP contribution < -0.4 is 0 Å². The molecule has 1 aromatic carbocycles. The Balaban J connectivity index is 1.61. The van der Waals surface area contributed by atoms with Gasteiger partial charge in [0.25, 0.3) is 0 Å². The highest BCUT2D eigenvalue weighted by atomic mass is 32.2. The molecule has 1 amide bonds. The molecule has 0 bridgehead atoms. The fourth-order valence-corrected chi connectivity index (χ4v) is 4.73. The number of carbonyl (C=O) groups excluding carboxylic acids is 1. The predicted molar refractivity (Wildman–Crippen MR) is 99.1 cm³/mol. The summed E-state index contributed by atoms with van der Waals surface area (Å²) >= 11 is 1.97. The van der Waals surface area contributed by atoms with Crippen LogP contribution in [0, 0.1) is 0 Å². The first kappa shape index (κ1) is 17.8. The summed E-state index contributed by atoms with van der Waals surface area (Å²) < 4.78 is 0. The quantitative estimate of drug-likeness (QED) is 0.888. The Morgan fingerprint density at radius 3 is 2.67 bits per heavy atom. The SMILES string of the molecule is CC(C(=O)N1CCCC1CC(O)c1ccccc1)N1CCSCC1. The van der Waals surface area contributed by atoms with E-state index in [9.17, 15) is 9.90 Å². The molecule has 4 nitrogen and oxygen atoms in total. The fraction of sp³-hybridized carbons (Fsp3) is 0.632. The van der Waals surface area contributed by atoms with Crippen LogP contribution >= 0.6 is 11.8 Å². The number of carbonyl (C=O) groups is 1. The van der Waals surface area contributed by atoms with Gasteiger partial charge in [0, 0.05) is 37.2 Å². The van der Waals surface area contributed by atoms with Crippen molar-refractivity contribution in [1.82, 2.24) is 9.80 Å². The van der Waals surface area contributed by atoms with Gasteiger partial charge in [0.15, 0.2) is 0 Å². The second-order valence-corrected chi connectivity index (χ2v) is 8.04. The topological polar surface area (TPSA) is 43.8 Å². The summed E-state index contributed by atoms with van der Waals surface area (Å²) in [5, 5.41) is 10.5. The van der Waals surface area contributed by atoms with Crippen molar-refractivity contribution in [3.63, 3.8) is 0 Å². The average Bonchev–Trinajstić information content (AvgIpc) is 3.10. The number of hydrogen-bond acceptors (Lipinski definition) is 4. The summed E-state index contributed by atoms with van der Waals surface area (Å²) in [4.78, 5) is 17.3. The minimum absolute atomic E-state index is 0.0413. The van der Waals surface area contributed by atoms with Crippen molar-refractivity contribution in [3.05, 3.63) is 35.9 Å². The molecule has 3 unspecified atom stereocenters. The molecule has 2 saturated heterocycles. The molecule has 0 aliphatic carbocycles. The largest absolute Gasteiger partial charge is 0.388 e. The van der Waals surface area contributed by atoms with Crippen molar-refractivity contribution in [2.24, 2.45) is 0 Å². The summed E-state index contributed by atoms with van der Waals surface area (Å²) in [7, 11) is 0. The van der Waals surface area contributed by atoms with Crippen LogP contribution in [0.5, 0.6) is 0 Å². The zero-order chi connectivity index (χ0) is 16.9. The van der Waals surface area contributed by atoms with Crippen molar-refractivity contribution in [3.8, 4) is 0 Å². The molecule has 0 spiro atoms. The highest BCUT2D eigenvalue weighted by molar-refractivity contribution is 7.99. The fourth-order valence-electron chi connectivity index (χ4n) is 3.80. The van der Waals surface area contributed by atoms with Crippen LogP contribution in [-0.2, 0) is 4.79 Å². The minimum Gasteiger partial charge on any atom is -0.388 e. The molecule has 1 N–H and O–H groups in total. The second-order valence-electron chi connectivity index (χ2n) is 6.81. The Bertz CT molecular complexity index is 533. The minimum atomic E-state index is -0.494. The molecule has 2 fully saturated rings. The van der Waals surface area contributed by atoms with E-state index in [-0.39, 0.29) is 18.0 Å². The smallest absolute Gasteiger partial charge is 0.239 e. The van der Waals surface area contributed by atoms with E-state index >= 15 is 0 Å². The van der Waals surface area contributed by atoms with Gasteiger partial charge < -0.3 is 10.0 Å². The van der Waals surface area contributed by atoms with E-state index in [1.807, 2.05) is 53.9 Å². The van der Waals surface area contributed by atoms with Crippen LogP contribution in [0.3, 0.4) is 0 Å². The molecular formula is C19H28N2O2S. The Morgan fingerprint density at radius 1 is 1.25 bits per heavy atom. The molecule has 0 saturated carbocycles. The van der Waals surface area contributed by atoms with E-state index in [0.717, 1.165) is 49.5 Å². The molecule has 0 aromatic heterocycles. The van der Waals surface area contributed by atoms with Gasteiger partial charge in [0.05, 0.1) is 12.1 Å². The molecule has 2 aliphatic heterocycles. The molecule has 132 valence electrons. The average molecular weight is 349 g/mol. The number of nitrogens with zero attached hydrogens (tertiary/aromatic N) is 2. The van der Waals surface area contributed by atoms with Gasteiger partial charge in [-0.2, -0.15) is 11.8 Å². The van der Waals surface area contributed by atoms with E-state index < -0.39 is 6.10 Å². The number of thioether (sulfide) groups is 1. The van der Waals surface area contributed by atoms with E-state index in [1.165, 1.54) is 0 Å². The number of benzene rings is 1. The molecule has 1 aromatic rings. The van der Waals surface area contributed by atoms with Crippen LogP contribution in [0.1, 0.15) is 37.9 Å². The summed E-state index contributed by atoms with van der Waals surface area (Å²) in [6, 6.07) is 9.90. The van der Waals surface area contributed by atoms with Gasteiger partial charge in [-0.1, -0.05) is 30.3 Å². The number of rotatable bonds is 5. The molecule has 5 heteroatoms. The third-order valence-electron chi connectivity index (χ3n) is 5.29. The number of aliphatic hydroxyl groups excluding tert-OH is 1. The van der Waals surface area contributed by atoms with Crippen LogP contribution in [0.4, 0.5) is 0 Å². The lowest BCUT2D eigenvalue weighted by Crippen LogP contribution is -2.51. The molecular weight excluding hydrogens is 320 g/mol.